The Morgan fingerprint density at radius 3 is 2.38 bits per heavy atom. The quantitative estimate of drug-likeness (QED) is 0.648. The van der Waals surface area contributed by atoms with Crippen LogP contribution in [-0.2, 0) is 4.79 Å². The maximum atomic E-state index is 12.5. The second-order valence-corrected chi connectivity index (χ2v) is 6.93. The van der Waals surface area contributed by atoms with Crippen LogP contribution in [0.4, 0.5) is 10.5 Å². The molecule has 0 aromatic heterocycles. The van der Waals surface area contributed by atoms with Crippen LogP contribution in [0.5, 0.6) is 0 Å². The molecule has 1 fully saturated rings. The Hall–Kier alpha value is -2.90. The van der Waals surface area contributed by atoms with Crippen molar-refractivity contribution in [2.24, 2.45) is 5.92 Å². The lowest BCUT2D eigenvalue weighted by molar-refractivity contribution is -0.119. The lowest BCUT2D eigenvalue weighted by Gasteiger charge is -2.32. The third-order valence-corrected chi connectivity index (χ3v) is 4.52. The van der Waals surface area contributed by atoms with Gasteiger partial charge >= 0.3 is 6.03 Å². The molecule has 2 heterocycles. The number of nitrogens with one attached hydrogen (secondary N) is 1. The Kier molecular flexibility index (Phi) is 4.92. The number of hydrogen-bond acceptors (Lipinski definition) is 4. The summed E-state index contributed by atoms with van der Waals surface area (Å²) in [4.78, 5) is 52.4. The number of hydrogen-bond donors (Lipinski definition) is 1. The van der Waals surface area contributed by atoms with Gasteiger partial charge in [-0.25, -0.2) is 4.79 Å². The van der Waals surface area contributed by atoms with Gasteiger partial charge < -0.3 is 15.1 Å². The highest BCUT2D eigenvalue weighted by atomic mass is 16.2. The lowest BCUT2D eigenvalue weighted by atomic mass is 10.1. The van der Waals surface area contributed by atoms with Gasteiger partial charge in [-0.1, -0.05) is 13.8 Å². The number of nitrogens with zero attached hydrogens (tertiary/aromatic N) is 3. The summed E-state index contributed by atoms with van der Waals surface area (Å²) in [6.45, 7) is 6.16. The number of fused-ring (bicyclic) bond motifs is 1. The van der Waals surface area contributed by atoms with Crippen molar-refractivity contribution >= 4 is 29.9 Å². The third kappa shape index (κ3) is 3.40. The standard InChI is InChI=1S/C18H22N4O4/c1-12(2)10-22-16(24)14-4-3-13(9-15(14)17(22)25)19-18(26)21-7-5-20(11-23)6-8-21/h3-4,9,11-12H,5-8,10H2,1-2H3,(H,19,26). The van der Waals surface area contributed by atoms with Gasteiger partial charge in [-0.15, -0.1) is 0 Å². The molecule has 26 heavy (non-hydrogen) atoms. The zero-order valence-electron chi connectivity index (χ0n) is 14.9. The van der Waals surface area contributed by atoms with Crippen LogP contribution in [0.3, 0.4) is 0 Å². The first-order valence-corrected chi connectivity index (χ1v) is 8.66. The van der Waals surface area contributed by atoms with E-state index in [0.717, 1.165) is 6.41 Å². The Morgan fingerprint density at radius 1 is 1.12 bits per heavy atom. The number of piperazine rings is 1. The number of anilines is 1. The van der Waals surface area contributed by atoms with E-state index in [9.17, 15) is 19.2 Å². The van der Waals surface area contributed by atoms with Crippen molar-refractivity contribution in [2.75, 3.05) is 38.0 Å². The van der Waals surface area contributed by atoms with Gasteiger partial charge in [0.15, 0.2) is 0 Å². The van der Waals surface area contributed by atoms with Crippen molar-refractivity contribution in [1.82, 2.24) is 14.7 Å². The highest BCUT2D eigenvalue weighted by Gasteiger charge is 2.36. The minimum atomic E-state index is -0.325. The van der Waals surface area contributed by atoms with E-state index in [-0.39, 0.29) is 23.8 Å². The SMILES string of the molecule is CC(C)CN1C(=O)c2ccc(NC(=O)N3CCN(C=O)CC3)cc2C1=O. The topological polar surface area (TPSA) is 90.0 Å². The highest BCUT2D eigenvalue weighted by Crippen LogP contribution is 2.26. The third-order valence-electron chi connectivity index (χ3n) is 4.52. The fourth-order valence-electron chi connectivity index (χ4n) is 3.13. The van der Waals surface area contributed by atoms with Gasteiger partial charge in [0.1, 0.15) is 0 Å². The van der Waals surface area contributed by atoms with Crippen LogP contribution in [0.2, 0.25) is 0 Å². The van der Waals surface area contributed by atoms with Crippen molar-refractivity contribution in [3.8, 4) is 0 Å². The molecule has 1 aromatic carbocycles. The molecule has 0 saturated carbocycles. The Labute approximate surface area is 151 Å². The lowest BCUT2D eigenvalue weighted by Crippen LogP contribution is -2.49. The average molecular weight is 358 g/mol. The number of carbonyl (C=O) groups is 4. The van der Waals surface area contributed by atoms with Crippen molar-refractivity contribution in [2.45, 2.75) is 13.8 Å². The van der Waals surface area contributed by atoms with E-state index in [1.807, 2.05) is 13.8 Å². The second-order valence-electron chi connectivity index (χ2n) is 6.93. The van der Waals surface area contributed by atoms with Crippen LogP contribution < -0.4 is 5.32 Å². The molecule has 8 heteroatoms. The molecule has 5 amide bonds. The highest BCUT2D eigenvalue weighted by molar-refractivity contribution is 6.21. The van der Waals surface area contributed by atoms with E-state index in [0.29, 0.717) is 49.5 Å². The molecular weight excluding hydrogens is 336 g/mol. The normalized spacial score (nSPS) is 17.0. The van der Waals surface area contributed by atoms with Gasteiger partial charge in [0.25, 0.3) is 11.8 Å². The molecule has 1 aromatic rings. The van der Waals surface area contributed by atoms with Crippen LogP contribution in [0, 0.1) is 5.92 Å². The Morgan fingerprint density at radius 2 is 1.77 bits per heavy atom. The molecular formula is C18H22N4O4. The molecule has 0 radical (unpaired) electrons. The second kappa shape index (κ2) is 7.15. The first-order valence-electron chi connectivity index (χ1n) is 8.66. The van der Waals surface area contributed by atoms with Gasteiger partial charge in [0.05, 0.1) is 11.1 Å². The van der Waals surface area contributed by atoms with E-state index < -0.39 is 0 Å². The summed E-state index contributed by atoms with van der Waals surface area (Å²) < 4.78 is 0. The molecule has 0 atom stereocenters. The predicted octanol–water partition coefficient (Wildman–Crippen LogP) is 1.24. The molecule has 1 saturated heterocycles. The van der Waals surface area contributed by atoms with E-state index in [1.165, 1.54) is 4.90 Å². The largest absolute Gasteiger partial charge is 0.342 e. The molecule has 2 aliphatic heterocycles. The van der Waals surface area contributed by atoms with Crippen molar-refractivity contribution in [3.05, 3.63) is 29.3 Å². The summed E-state index contributed by atoms with van der Waals surface area (Å²) >= 11 is 0. The fraction of sp³-hybridized carbons (Fsp3) is 0.444. The minimum Gasteiger partial charge on any atom is -0.342 e. The smallest absolute Gasteiger partial charge is 0.321 e. The van der Waals surface area contributed by atoms with Crippen LogP contribution >= 0.6 is 0 Å². The summed E-state index contributed by atoms with van der Waals surface area (Å²) in [6, 6.07) is 4.47. The molecule has 0 unspecified atom stereocenters. The van der Waals surface area contributed by atoms with Crippen molar-refractivity contribution < 1.29 is 19.2 Å². The summed E-state index contributed by atoms with van der Waals surface area (Å²) in [5.74, 6) is -0.433. The number of imide groups is 1. The molecule has 0 aliphatic carbocycles. The van der Waals surface area contributed by atoms with Gasteiger partial charge in [-0.2, -0.15) is 0 Å². The minimum absolute atomic E-state index is 0.182. The average Bonchev–Trinajstić information content (AvgIpc) is 2.86. The molecule has 0 spiro atoms. The van der Waals surface area contributed by atoms with Gasteiger partial charge in [0, 0.05) is 38.4 Å². The predicted molar refractivity (Wildman–Crippen MR) is 94.9 cm³/mol. The van der Waals surface area contributed by atoms with Crippen molar-refractivity contribution in [3.63, 3.8) is 0 Å². The number of rotatable bonds is 4. The zero-order valence-corrected chi connectivity index (χ0v) is 14.9. The Balaban J connectivity index is 1.70. The van der Waals surface area contributed by atoms with E-state index in [4.69, 9.17) is 0 Å². The Bertz CT molecular complexity index is 754. The molecule has 2 aliphatic rings. The van der Waals surface area contributed by atoms with E-state index in [1.54, 1.807) is 28.0 Å². The van der Waals surface area contributed by atoms with Crippen LogP contribution in [0.25, 0.3) is 0 Å². The number of amides is 5. The number of carbonyl (C=O) groups excluding carboxylic acids is 4. The van der Waals surface area contributed by atoms with Gasteiger partial charge in [-0.05, 0) is 24.1 Å². The summed E-state index contributed by atoms with van der Waals surface area (Å²) in [5, 5.41) is 2.76. The molecule has 8 nitrogen and oxygen atoms in total. The zero-order chi connectivity index (χ0) is 18.8. The molecule has 3 rings (SSSR count). The molecule has 1 N–H and O–H groups in total. The number of urea groups is 1. The first-order chi connectivity index (χ1) is 12.4. The van der Waals surface area contributed by atoms with Crippen LogP contribution in [0.1, 0.15) is 34.6 Å². The first kappa shape index (κ1) is 17.9. The monoisotopic (exact) mass is 358 g/mol. The molecule has 138 valence electrons. The van der Waals surface area contributed by atoms with Gasteiger partial charge in [-0.3, -0.25) is 19.3 Å². The summed E-state index contributed by atoms with van der Waals surface area (Å²) in [7, 11) is 0. The maximum absolute atomic E-state index is 12.5. The summed E-state index contributed by atoms with van der Waals surface area (Å²) in [6.07, 6.45) is 0.779. The fourth-order valence-corrected chi connectivity index (χ4v) is 3.13. The van der Waals surface area contributed by atoms with Gasteiger partial charge in [0.2, 0.25) is 6.41 Å². The summed E-state index contributed by atoms with van der Waals surface area (Å²) in [5.41, 5.74) is 1.16. The van der Waals surface area contributed by atoms with Crippen LogP contribution in [-0.4, -0.2) is 71.7 Å². The van der Waals surface area contributed by atoms with E-state index in [2.05, 4.69) is 5.32 Å². The van der Waals surface area contributed by atoms with E-state index >= 15 is 0 Å². The van der Waals surface area contributed by atoms with Crippen molar-refractivity contribution in [1.29, 1.82) is 0 Å². The van der Waals surface area contributed by atoms with Crippen LogP contribution in [0.15, 0.2) is 18.2 Å². The number of benzene rings is 1. The molecule has 0 bridgehead atoms. The maximum Gasteiger partial charge on any atom is 0.321 e.